The van der Waals surface area contributed by atoms with Crippen molar-refractivity contribution in [2.45, 2.75) is 31.3 Å². The van der Waals surface area contributed by atoms with Gasteiger partial charge in [-0.05, 0) is 19.5 Å². The molecule has 0 amide bonds. The summed E-state index contributed by atoms with van der Waals surface area (Å²) in [6, 6.07) is 1.85. The third-order valence-corrected chi connectivity index (χ3v) is 6.72. The lowest BCUT2D eigenvalue weighted by molar-refractivity contribution is 0.367. The molecule has 7 heteroatoms. The molecule has 0 aliphatic carbocycles. The zero-order valence-electron chi connectivity index (χ0n) is 12.3. The first kappa shape index (κ1) is 15.9. The van der Waals surface area contributed by atoms with Crippen LogP contribution >= 0.6 is 11.8 Å². The Hall–Kier alpha value is -0.500. The maximum Gasteiger partial charge on any atom is 0.244 e. The second-order valence-corrected chi connectivity index (χ2v) is 8.14. The van der Waals surface area contributed by atoms with Crippen LogP contribution in [-0.2, 0) is 23.6 Å². The molecule has 2 heterocycles. The summed E-state index contributed by atoms with van der Waals surface area (Å²) < 4.78 is 29.0. The zero-order chi connectivity index (χ0) is 14.8. The SMILES string of the molecule is CCNCc1cc(S(=O)(=O)N2CCSCC2C)cn1C. The molecule has 114 valence electrons. The summed E-state index contributed by atoms with van der Waals surface area (Å²) in [6.45, 7) is 6.17. The van der Waals surface area contributed by atoms with Gasteiger partial charge in [-0.15, -0.1) is 0 Å². The molecule has 1 unspecified atom stereocenters. The number of rotatable bonds is 5. The molecule has 20 heavy (non-hydrogen) atoms. The smallest absolute Gasteiger partial charge is 0.244 e. The molecule has 0 spiro atoms. The summed E-state index contributed by atoms with van der Waals surface area (Å²) in [5.74, 6) is 1.75. The molecule has 0 saturated carbocycles. The third-order valence-electron chi connectivity index (χ3n) is 3.55. The molecular formula is C13H23N3O2S2. The lowest BCUT2D eigenvalue weighted by atomic mass is 10.4. The van der Waals surface area contributed by atoms with Crippen LogP contribution in [0.4, 0.5) is 0 Å². The summed E-state index contributed by atoms with van der Waals surface area (Å²) in [4.78, 5) is 0.409. The highest BCUT2D eigenvalue weighted by Gasteiger charge is 2.32. The van der Waals surface area contributed by atoms with Gasteiger partial charge in [-0.2, -0.15) is 16.1 Å². The quantitative estimate of drug-likeness (QED) is 0.888. The van der Waals surface area contributed by atoms with E-state index in [0.29, 0.717) is 18.0 Å². The topological polar surface area (TPSA) is 54.3 Å². The van der Waals surface area contributed by atoms with Crippen LogP contribution in [-0.4, -0.2) is 47.9 Å². The number of hydrogen-bond acceptors (Lipinski definition) is 4. The van der Waals surface area contributed by atoms with Crippen LogP contribution in [0.3, 0.4) is 0 Å². The van der Waals surface area contributed by atoms with Gasteiger partial charge in [-0.1, -0.05) is 6.92 Å². The van der Waals surface area contributed by atoms with Gasteiger partial charge in [-0.25, -0.2) is 8.42 Å². The molecule has 1 fully saturated rings. The average molecular weight is 317 g/mol. The van der Waals surface area contributed by atoms with Gasteiger partial charge in [0.25, 0.3) is 0 Å². The van der Waals surface area contributed by atoms with Crippen molar-refractivity contribution in [1.82, 2.24) is 14.2 Å². The number of hydrogen-bond donors (Lipinski definition) is 1. The Morgan fingerprint density at radius 3 is 2.90 bits per heavy atom. The van der Waals surface area contributed by atoms with Crippen molar-refractivity contribution in [3.63, 3.8) is 0 Å². The number of nitrogens with zero attached hydrogens (tertiary/aromatic N) is 2. The van der Waals surface area contributed by atoms with Crippen LogP contribution in [0.25, 0.3) is 0 Å². The van der Waals surface area contributed by atoms with Crippen LogP contribution in [0, 0.1) is 0 Å². The largest absolute Gasteiger partial charge is 0.352 e. The standard InChI is InChI=1S/C13H23N3O2S2/c1-4-14-8-12-7-13(9-15(12)3)20(17,18)16-5-6-19-10-11(16)2/h7,9,11,14H,4-6,8,10H2,1-3H3. The predicted molar refractivity (Wildman–Crippen MR) is 83.5 cm³/mol. The number of nitrogens with one attached hydrogen (secondary N) is 1. The molecule has 5 nitrogen and oxygen atoms in total. The Labute approximate surface area is 125 Å². The van der Waals surface area contributed by atoms with Crippen molar-refractivity contribution < 1.29 is 8.42 Å². The van der Waals surface area contributed by atoms with Crippen LogP contribution < -0.4 is 5.32 Å². The highest BCUT2D eigenvalue weighted by molar-refractivity contribution is 7.99. The first-order chi connectivity index (χ1) is 9.46. The number of aryl methyl sites for hydroxylation is 1. The monoisotopic (exact) mass is 317 g/mol. The van der Waals surface area contributed by atoms with E-state index in [1.54, 1.807) is 16.6 Å². The predicted octanol–water partition coefficient (Wildman–Crippen LogP) is 1.26. The molecule has 1 aromatic heterocycles. The Morgan fingerprint density at radius 1 is 1.50 bits per heavy atom. The van der Waals surface area contributed by atoms with Crippen LogP contribution in [0.5, 0.6) is 0 Å². The van der Waals surface area contributed by atoms with E-state index in [1.165, 1.54) is 0 Å². The first-order valence-corrected chi connectivity index (χ1v) is 9.51. The van der Waals surface area contributed by atoms with E-state index < -0.39 is 10.0 Å². The summed E-state index contributed by atoms with van der Waals surface area (Å²) in [5.41, 5.74) is 0.990. The number of aromatic nitrogens is 1. The van der Waals surface area contributed by atoms with Gasteiger partial charge in [0.2, 0.25) is 10.0 Å². The van der Waals surface area contributed by atoms with Gasteiger partial charge in [-0.3, -0.25) is 0 Å². The lowest BCUT2D eigenvalue weighted by Crippen LogP contribution is -2.44. The van der Waals surface area contributed by atoms with Gasteiger partial charge >= 0.3 is 0 Å². The van der Waals surface area contributed by atoms with Crippen molar-refractivity contribution in [2.75, 3.05) is 24.6 Å². The van der Waals surface area contributed by atoms with Gasteiger partial charge < -0.3 is 9.88 Å². The molecule has 1 atom stereocenters. The van der Waals surface area contributed by atoms with Gasteiger partial charge in [0.15, 0.2) is 0 Å². The van der Waals surface area contributed by atoms with Gasteiger partial charge in [0, 0.05) is 49.6 Å². The normalized spacial score (nSPS) is 21.2. The zero-order valence-corrected chi connectivity index (χ0v) is 13.9. The van der Waals surface area contributed by atoms with E-state index in [2.05, 4.69) is 5.32 Å². The van der Waals surface area contributed by atoms with E-state index in [-0.39, 0.29) is 6.04 Å². The average Bonchev–Trinajstić information content (AvgIpc) is 2.79. The molecule has 0 aromatic carbocycles. The first-order valence-electron chi connectivity index (χ1n) is 6.92. The molecule has 1 aromatic rings. The van der Waals surface area contributed by atoms with Crippen molar-refractivity contribution in [1.29, 1.82) is 0 Å². The summed E-state index contributed by atoms with van der Waals surface area (Å²) in [7, 11) is -1.48. The molecule has 1 aliphatic heterocycles. The second-order valence-electron chi connectivity index (χ2n) is 5.10. The second kappa shape index (κ2) is 6.51. The van der Waals surface area contributed by atoms with E-state index in [9.17, 15) is 8.42 Å². The van der Waals surface area contributed by atoms with E-state index in [4.69, 9.17) is 0 Å². The molecule has 0 radical (unpaired) electrons. The maximum absolute atomic E-state index is 12.7. The molecule has 0 bridgehead atoms. The fourth-order valence-corrected chi connectivity index (χ4v) is 5.30. The van der Waals surface area contributed by atoms with E-state index in [1.807, 2.05) is 37.2 Å². The van der Waals surface area contributed by atoms with Crippen molar-refractivity contribution >= 4 is 21.8 Å². The van der Waals surface area contributed by atoms with E-state index in [0.717, 1.165) is 23.7 Å². The van der Waals surface area contributed by atoms with Gasteiger partial charge in [0.1, 0.15) is 4.90 Å². The highest BCUT2D eigenvalue weighted by atomic mass is 32.2. The fraction of sp³-hybridized carbons (Fsp3) is 0.692. The number of sulfonamides is 1. The maximum atomic E-state index is 12.7. The molecule has 1 N–H and O–H groups in total. The Balaban J connectivity index is 2.25. The Morgan fingerprint density at radius 2 is 2.25 bits per heavy atom. The van der Waals surface area contributed by atoms with Crippen LogP contribution in [0.15, 0.2) is 17.2 Å². The molecule has 1 aliphatic rings. The molecule has 1 saturated heterocycles. The van der Waals surface area contributed by atoms with Crippen molar-refractivity contribution in [2.24, 2.45) is 7.05 Å². The number of thioether (sulfide) groups is 1. The molecule has 2 rings (SSSR count). The molecular weight excluding hydrogens is 294 g/mol. The third kappa shape index (κ3) is 3.21. The summed E-state index contributed by atoms with van der Waals surface area (Å²) in [6.07, 6.45) is 1.72. The van der Waals surface area contributed by atoms with Crippen molar-refractivity contribution in [3.8, 4) is 0 Å². The van der Waals surface area contributed by atoms with Crippen molar-refractivity contribution in [3.05, 3.63) is 18.0 Å². The highest BCUT2D eigenvalue weighted by Crippen LogP contribution is 2.25. The fourth-order valence-electron chi connectivity index (χ4n) is 2.35. The van der Waals surface area contributed by atoms with Gasteiger partial charge in [0.05, 0.1) is 0 Å². The van der Waals surface area contributed by atoms with E-state index >= 15 is 0 Å². The lowest BCUT2D eigenvalue weighted by Gasteiger charge is -2.31. The minimum atomic E-state index is -3.37. The van der Waals surface area contributed by atoms with Crippen LogP contribution in [0.1, 0.15) is 19.5 Å². The Bertz CT molecular complexity index is 554. The minimum absolute atomic E-state index is 0.0659. The summed E-state index contributed by atoms with van der Waals surface area (Å²) >= 11 is 1.82. The summed E-state index contributed by atoms with van der Waals surface area (Å²) in [5, 5.41) is 3.23. The Kier molecular flexibility index (Phi) is 5.17. The van der Waals surface area contributed by atoms with Crippen LogP contribution in [0.2, 0.25) is 0 Å². The minimum Gasteiger partial charge on any atom is -0.352 e.